The van der Waals surface area contributed by atoms with Crippen LogP contribution in [0.25, 0.3) is 0 Å². The summed E-state index contributed by atoms with van der Waals surface area (Å²) < 4.78 is 6.05. The van der Waals surface area contributed by atoms with E-state index in [1.807, 2.05) is 48.5 Å². The number of ether oxygens (including phenoxy) is 1. The highest BCUT2D eigenvalue weighted by molar-refractivity contribution is 9.09. The molecule has 1 aliphatic heterocycles. The fourth-order valence-corrected chi connectivity index (χ4v) is 3.94. The van der Waals surface area contributed by atoms with Gasteiger partial charge in [-0.05, 0) is 30.3 Å². The molecule has 1 aliphatic rings. The molecule has 0 aromatic heterocycles. The second-order valence-corrected chi connectivity index (χ2v) is 7.24. The number of carbonyl (C=O) groups is 1. The van der Waals surface area contributed by atoms with Crippen LogP contribution in [0.3, 0.4) is 0 Å². The van der Waals surface area contributed by atoms with Crippen LogP contribution in [0.4, 0.5) is 0 Å². The number of halogens is 2. The number of rotatable bonds is 4. The average Bonchev–Trinajstić information content (AvgIpc) is 2.63. The van der Waals surface area contributed by atoms with Gasteiger partial charge in [0, 0.05) is 17.9 Å². The van der Waals surface area contributed by atoms with Crippen LogP contribution in [0.15, 0.2) is 54.6 Å². The van der Waals surface area contributed by atoms with Gasteiger partial charge in [-0.15, -0.1) is 0 Å². The highest BCUT2D eigenvalue weighted by Crippen LogP contribution is 2.38. The summed E-state index contributed by atoms with van der Waals surface area (Å²) in [5.41, 5.74) is 1.18. The molecule has 1 unspecified atom stereocenters. The van der Waals surface area contributed by atoms with Gasteiger partial charge in [-0.2, -0.15) is 0 Å². The van der Waals surface area contributed by atoms with E-state index in [1.54, 1.807) is 6.07 Å². The summed E-state index contributed by atoms with van der Waals surface area (Å²) in [4.78, 5) is 12.2. The zero-order chi connectivity index (χ0) is 17.0. The molecule has 1 heterocycles. The molecular weight excluding hydrogens is 390 g/mol. The summed E-state index contributed by atoms with van der Waals surface area (Å²) >= 11 is 9.66. The van der Waals surface area contributed by atoms with Crippen molar-refractivity contribution in [2.24, 2.45) is 0 Å². The van der Waals surface area contributed by atoms with Crippen LogP contribution in [0.5, 0.6) is 0 Å². The largest absolute Gasteiger partial charge is 0.453 e. The van der Waals surface area contributed by atoms with Crippen LogP contribution in [-0.2, 0) is 15.1 Å². The van der Waals surface area contributed by atoms with Crippen LogP contribution in [-0.4, -0.2) is 19.1 Å². The summed E-state index contributed by atoms with van der Waals surface area (Å²) in [5.74, 6) is -0.311. The van der Waals surface area contributed by atoms with E-state index in [2.05, 4.69) is 21.2 Å². The SMILES string of the molecule is O=C(OC1(c2ccccc2)CCNCC1)C(Br)c1ccccc1Cl. The van der Waals surface area contributed by atoms with Crippen molar-refractivity contribution in [2.45, 2.75) is 23.3 Å². The topological polar surface area (TPSA) is 38.3 Å². The van der Waals surface area contributed by atoms with Crippen molar-refractivity contribution in [2.75, 3.05) is 13.1 Å². The standard InChI is InChI=1S/C19H19BrClNO2/c20-17(15-8-4-5-9-16(15)21)18(23)24-19(10-12-22-13-11-19)14-6-2-1-3-7-14/h1-9,17,22H,10-13H2. The maximum absolute atomic E-state index is 12.8. The number of benzene rings is 2. The lowest BCUT2D eigenvalue weighted by atomic mass is 9.84. The second-order valence-electron chi connectivity index (χ2n) is 5.92. The summed E-state index contributed by atoms with van der Waals surface area (Å²) in [6, 6.07) is 17.3. The number of nitrogens with one attached hydrogen (secondary N) is 1. The molecule has 1 atom stereocenters. The van der Waals surface area contributed by atoms with Gasteiger partial charge in [0.1, 0.15) is 10.4 Å². The molecule has 0 spiro atoms. The zero-order valence-electron chi connectivity index (χ0n) is 13.2. The van der Waals surface area contributed by atoms with E-state index in [4.69, 9.17) is 16.3 Å². The van der Waals surface area contributed by atoms with Crippen LogP contribution in [0.2, 0.25) is 5.02 Å². The number of hydrogen-bond acceptors (Lipinski definition) is 3. The molecule has 0 aliphatic carbocycles. The van der Waals surface area contributed by atoms with Crippen LogP contribution in [0, 0.1) is 0 Å². The molecule has 126 valence electrons. The molecule has 24 heavy (non-hydrogen) atoms. The first-order valence-corrected chi connectivity index (χ1v) is 9.29. The number of esters is 1. The van der Waals surface area contributed by atoms with Crippen molar-refractivity contribution in [1.29, 1.82) is 0 Å². The minimum absolute atomic E-state index is 0.311. The molecule has 0 amide bonds. The van der Waals surface area contributed by atoms with E-state index in [0.29, 0.717) is 5.02 Å². The van der Waals surface area contributed by atoms with E-state index in [9.17, 15) is 4.79 Å². The Labute approximate surface area is 155 Å². The first-order valence-electron chi connectivity index (χ1n) is 8.00. The second kappa shape index (κ2) is 7.68. The molecule has 5 heteroatoms. The minimum atomic E-state index is -0.586. The van der Waals surface area contributed by atoms with Crippen LogP contribution < -0.4 is 5.32 Å². The Bertz CT molecular complexity index is 702. The van der Waals surface area contributed by atoms with Crippen molar-refractivity contribution >= 4 is 33.5 Å². The molecule has 1 fully saturated rings. The van der Waals surface area contributed by atoms with Crippen LogP contribution in [0.1, 0.15) is 28.8 Å². The van der Waals surface area contributed by atoms with Gasteiger partial charge in [-0.25, -0.2) is 0 Å². The van der Waals surface area contributed by atoms with Crippen molar-refractivity contribution in [3.63, 3.8) is 0 Å². The minimum Gasteiger partial charge on any atom is -0.453 e. The third kappa shape index (κ3) is 3.66. The fraction of sp³-hybridized carbons (Fsp3) is 0.316. The Morgan fingerprint density at radius 2 is 1.71 bits per heavy atom. The van der Waals surface area contributed by atoms with E-state index in [-0.39, 0.29) is 5.97 Å². The van der Waals surface area contributed by atoms with Gasteiger partial charge in [0.15, 0.2) is 0 Å². The van der Waals surface area contributed by atoms with Gasteiger partial charge in [0.2, 0.25) is 0 Å². The Morgan fingerprint density at radius 3 is 2.38 bits per heavy atom. The van der Waals surface area contributed by atoms with Crippen molar-refractivity contribution in [1.82, 2.24) is 5.32 Å². The number of alkyl halides is 1. The number of hydrogen-bond donors (Lipinski definition) is 1. The highest BCUT2D eigenvalue weighted by atomic mass is 79.9. The maximum Gasteiger partial charge on any atom is 0.325 e. The van der Waals surface area contributed by atoms with Gasteiger partial charge in [-0.1, -0.05) is 76.1 Å². The molecule has 3 nitrogen and oxygen atoms in total. The average molecular weight is 409 g/mol. The Hall–Kier alpha value is -1.36. The molecular formula is C19H19BrClNO2. The lowest BCUT2D eigenvalue weighted by Crippen LogP contribution is -2.43. The first-order chi connectivity index (χ1) is 11.6. The highest BCUT2D eigenvalue weighted by Gasteiger charge is 2.39. The Balaban J connectivity index is 1.85. The molecule has 0 saturated carbocycles. The van der Waals surface area contributed by atoms with Gasteiger partial charge < -0.3 is 10.1 Å². The summed E-state index contributed by atoms with van der Waals surface area (Å²) in [5, 5.41) is 3.88. The van der Waals surface area contributed by atoms with Crippen molar-refractivity contribution in [3.8, 4) is 0 Å². The Kier molecular flexibility index (Phi) is 5.59. The first kappa shape index (κ1) is 17.5. The number of carbonyl (C=O) groups excluding carboxylic acids is 1. The van der Waals surface area contributed by atoms with Gasteiger partial charge in [-0.3, -0.25) is 4.79 Å². The predicted octanol–water partition coefficient (Wildman–Crippen LogP) is 4.60. The maximum atomic E-state index is 12.8. The van der Waals surface area contributed by atoms with E-state index < -0.39 is 10.4 Å². The molecule has 2 aromatic rings. The van der Waals surface area contributed by atoms with E-state index in [0.717, 1.165) is 37.1 Å². The summed E-state index contributed by atoms with van der Waals surface area (Å²) in [6.45, 7) is 1.64. The number of piperidine rings is 1. The summed E-state index contributed by atoms with van der Waals surface area (Å²) in [7, 11) is 0. The molecule has 0 radical (unpaired) electrons. The van der Waals surface area contributed by atoms with Gasteiger partial charge in [0.25, 0.3) is 0 Å². The van der Waals surface area contributed by atoms with Crippen molar-refractivity contribution in [3.05, 3.63) is 70.7 Å². The summed E-state index contributed by atoms with van der Waals surface area (Å²) in [6.07, 6.45) is 1.51. The molecule has 0 bridgehead atoms. The fourth-order valence-electron chi connectivity index (χ4n) is 3.07. The van der Waals surface area contributed by atoms with Gasteiger partial charge in [0.05, 0.1) is 0 Å². The van der Waals surface area contributed by atoms with E-state index in [1.165, 1.54) is 0 Å². The molecule has 1 saturated heterocycles. The molecule has 3 rings (SSSR count). The lowest BCUT2D eigenvalue weighted by Gasteiger charge is -2.38. The van der Waals surface area contributed by atoms with Crippen molar-refractivity contribution < 1.29 is 9.53 Å². The lowest BCUT2D eigenvalue weighted by molar-refractivity contribution is -0.163. The molecule has 1 N–H and O–H groups in total. The van der Waals surface area contributed by atoms with E-state index >= 15 is 0 Å². The zero-order valence-corrected chi connectivity index (χ0v) is 15.5. The predicted molar refractivity (Wildman–Crippen MR) is 99.4 cm³/mol. The molecule has 2 aromatic carbocycles. The third-order valence-electron chi connectivity index (χ3n) is 4.39. The van der Waals surface area contributed by atoms with Gasteiger partial charge >= 0.3 is 5.97 Å². The Morgan fingerprint density at radius 1 is 1.08 bits per heavy atom. The third-order valence-corrected chi connectivity index (χ3v) is 5.60. The quantitative estimate of drug-likeness (QED) is 0.593. The normalized spacial score (nSPS) is 17.9. The monoisotopic (exact) mass is 407 g/mol. The van der Waals surface area contributed by atoms with Crippen LogP contribution >= 0.6 is 27.5 Å². The smallest absolute Gasteiger partial charge is 0.325 e.